The predicted octanol–water partition coefficient (Wildman–Crippen LogP) is 3.36. The Morgan fingerprint density at radius 2 is 1.86 bits per heavy atom. The molecule has 1 saturated carbocycles. The van der Waals surface area contributed by atoms with E-state index in [-0.39, 0.29) is 0 Å². The van der Waals surface area contributed by atoms with E-state index < -0.39 is 0 Å². The zero-order valence-corrected chi connectivity index (χ0v) is 12.6. The third-order valence-corrected chi connectivity index (χ3v) is 4.56. The average molecular weight is 283 g/mol. The van der Waals surface area contributed by atoms with Gasteiger partial charge < -0.3 is 5.73 Å². The van der Waals surface area contributed by atoms with Gasteiger partial charge in [-0.3, -0.25) is 4.68 Å². The second-order valence-electron chi connectivity index (χ2n) is 6.22. The van der Waals surface area contributed by atoms with Gasteiger partial charge in [-0.1, -0.05) is 43.2 Å². The van der Waals surface area contributed by atoms with Crippen molar-refractivity contribution in [3.63, 3.8) is 0 Å². The summed E-state index contributed by atoms with van der Waals surface area (Å²) in [5.74, 6) is 0.472. The zero-order valence-electron chi connectivity index (χ0n) is 12.6. The van der Waals surface area contributed by atoms with Crippen LogP contribution in [0.15, 0.2) is 42.6 Å². The molecule has 1 atom stereocenters. The number of aromatic nitrogens is 2. The van der Waals surface area contributed by atoms with Crippen LogP contribution in [0.2, 0.25) is 0 Å². The van der Waals surface area contributed by atoms with Gasteiger partial charge in [0.25, 0.3) is 0 Å². The molecule has 3 rings (SSSR count). The molecule has 2 N–H and O–H groups in total. The molecule has 112 valence electrons. The fourth-order valence-corrected chi connectivity index (χ4v) is 3.34. The maximum Gasteiger partial charge on any atom is 0.0628 e. The molecule has 21 heavy (non-hydrogen) atoms. The van der Waals surface area contributed by atoms with Crippen LogP contribution in [0.1, 0.15) is 43.0 Å². The maximum absolute atomic E-state index is 5.96. The minimum Gasteiger partial charge on any atom is -0.330 e. The molecule has 1 heterocycles. The van der Waals surface area contributed by atoms with Crippen molar-refractivity contribution in [2.45, 2.75) is 44.6 Å². The molecular weight excluding hydrogens is 258 g/mol. The molecule has 0 saturated heterocycles. The normalized spacial score (nSPS) is 17.2. The van der Waals surface area contributed by atoms with Crippen LogP contribution in [-0.2, 0) is 12.8 Å². The van der Waals surface area contributed by atoms with Gasteiger partial charge in [0.2, 0.25) is 0 Å². The molecule has 1 unspecified atom stereocenters. The van der Waals surface area contributed by atoms with Gasteiger partial charge in [-0.15, -0.1) is 0 Å². The molecule has 1 aliphatic rings. The van der Waals surface area contributed by atoms with Crippen LogP contribution in [0.5, 0.6) is 0 Å². The van der Waals surface area contributed by atoms with Gasteiger partial charge in [0, 0.05) is 6.20 Å². The van der Waals surface area contributed by atoms with E-state index in [0.29, 0.717) is 18.5 Å². The van der Waals surface area contributed by atoms with Crippen molar-refractivity contribution in [2.24, 2.45) is 11.7 Å². The first-order chi connectivity index (χ1) is 10.3. The molecule has 1 aromatic carbocycles. The first-order valence-electron chi connectivity index (χ1n) is 8.13. The Labute approximate surface area is 127 Å². The highest BCUT2D eigenvalue weighted by atomic mass is 15.3. The molecule has 3 heteroatoms. The van der Waals surface area contributed by atoms with Gasteiger partial charge in [-0.25, -0.2) is 0 Å². The van der Waals surface area contributed by atoms with Crippen molar-refractivity contribution >= 4 is 0 Å². The molecule has 1 fully saturated rings. The Bertz CT molecular complexity index is 541. The van der Waals surface area contributed by atoms with Crippen molar-refractivity contribution in [3.05, 3.63) is 53.9 Å². The summed E-state index contributed by atoms with van der Waals surface area (Å²) >= 11 is 0. The quantitative estimate of drug-likeness (QED) is 0.883. The fourth-order valence-electron chi connectivity index (χ4n) is 3.34. The third-order valence-electron chi connectivity index (χ3n) is 4.56. The Morgan fingerprint density at radius 1 is 1.10 bits per heavy atom. The van der Waals surface area contributed by atoms with Gasteiger partial charge in [0.15, 0.2) is 0 Å². The maximum atomic E-state index is 5.96. The Balaban J connectivity index is 1.61. The Kier molecular flexibility index (Phi) is 4.71. The first kappa shape index (κ1) is 14.3. The summed E-state index contributed by atoms with van der Waals surface area (Å²) in [7, 11) is 0. The predicted molar refractivity (Wildman–Crippen MR) is 86.1 cm³/mol. The molecule has 0 aliphatic heterocycles. The van der Waals surface area contributed by atoms with E-state index in [1.807, 2.05) is 0 Å². The summed E-state index contributed by atoms with van der Waals surface area (Å²) < 4.78 is 2.18. The molecule has 1 aromatic heterocycles. The first-order valence-corrected chi connectivity index (χ1v) is 8.13. The lowest BCUT2D eigenvalue weighted by Crippen LogP contribution is -2.20. The SMILES string of the molecule is NCC(Cc1ccccc1)Cc1ccn(C2CCCC2)n1. The monoisotopic (exact) mass is 283 g/mol. The summed E-state index contributed by atoms with van der Waals surface area (Å²) in [6, 6.07) is 13.4. The van der Waals surface area contributed by atoms with E-state index in [0.717, 1.165) is 12.8 Å². The van der Waals surface area contributed by atoms with E-state index in [4.69, 9.17) is 10.8 Å². The minimum absolute atomic E-state index is 0.472. The molecule has 2 aromatic rings. The van der Waals surface area contributed by atoms with Crippen molar-refractivity contribution in [1.82, 2.24) is 9.78 Å². The third kappa shape index (κ3) is 3.73. The van der Waals surface area contributed by atoms with Crippen LogP contribution in [0.25, 0.3) is 0 Å². The minimum atomic E-state index is 0.472. The van der Waals surface area contributed by atoms with E-state index in [1.54, 1.807) is 0 Å². The largest absolute Gasteiger partial charge is 0.330 e. The highest BCUT2D eigenvalue weighted by molar-refractivity contribution is 5.16. The van der Waals surface area contributed by atoms with Crippen LogP contribution >= 0.6 is 0 Å². The molecule has 0 spiro atoms. The van der Waals surface area contributed by atoms with Crippen LogP contribution < -0.4 is 5.73 Å². The molecule has 3 nitrogen and oxygen atoms in total. The standard InChI is InChI=1S/C18H25N3/c19-14-16(12-15-6-2-1-3-7-15)13-17-10-11-21(20-17)18-8-4-5-9-18/h1-3,6-7,10-11,16,18H,4-5,8-9,12-14,19H2. The van der Waals surface area contributed by atoms with Crippen molar-refractivity contribution in [1.29, 1.82) is 0 Å². The summed E-state index contributed by atoms with van der Waals surface area (Å²) in [6.07, 6.45) is 9.43. The molecule has 0 amide bonds. The van der Waals surface area contributed by atoms with Crippen LogP contribution in [0.3, 0.4) is 0 Å². The number of benzene rings is 1. The van der Waals surface area contributed by atoms with Crippen LogP contribution in [0.4, 0.5) is 0 Å². The van der Waals surface area contributed by atoms with E-state index >= 15 is 0 Å². The van der Waals surface area contributed by atoms with Gasteiger partial charge in [-0.05, 0) is 49.8 Å². The lowest BCUT2D eigenvalue weighted by Gasteiger charge is -2.14. The van der Waals surface area contributed by atoms with Crippen LogP contribution in [-0.4, -0.2) is 16.3 Å². The lowest BCUT2D eigenvalue weighted by atomic mass is 9.95. The second kappa shape index (κ2) is 6.90. The number of rotatable bonds is 6. The Morgan fingerprint density at radius 3 is 2.57 bits per heavy atom. The summed E-state index contributed by atoms with van der Waals surface area (Å²) in [6.45, 7) is 0.713. The molecular formula is C18H25N3. The van der Waals surface area contributed by atoms with Gasteiger partial charge in [0.05, 0.1) is 11.7 Å². The molecule has 0 bridgehead atoms. The highest BCUT2D eigenvalue weighted by Crippen LogP contribution is 2.28. The van der Waals surface area contributed by atoms with Crippen molar-refractivity contribution < 1.29 is 0 Å². The van der Waals surface area contributed by atoms with Gasteiger partial charge in [-0.2, -0.15) is 5.10 Å². The number of hydrogen-bond acceptors (Lipinski definition) is 2. The zero-order chi connectivity index (χ0) is 14.5. The second-order valence-corrected chi connectivity index (χ2v) is 6.22. The van der Waals surface area contributed by atoms with E-state index in [9.17, 15) is 0 Å². The molecule has 0 radical (unpaired) electrons. The van der Waals surface area contributed by atoms with Crippen molar-refractivity contribution in [3.8, 4) is 0 Å². The topological polar surface area (TPSA) is 43.8 Å². The number of nitrogens with two attached hydrogens (primary N) is 1. The number of nitrogens with zero attached hydrogens (tertiary/aromatic N) is 2. The van der Waals surface area contributed by atoms with E-state index in [2.05, 4.69) is 47.3 Å². The fraction of sp³-hybridized carbons (Fsp3) is 0.500. The van der Waals surface area contributed by atoms with Gasteiger partial charge in [0.1, 0.15) is 0 Å². The highest BCUT2D eigenvalue weighted by Gasteiger charge is 2.18. The average Bonchev–Trinajstić information content (AvgIpc) is 3.18. The Hall–Kier alpha value is -1.61. The van der Waals surface area contributed by atoms with Crippen LogP contribution in [0, 0.1) is 5.92 Å². The van der Waals surface area contributed by atoms with E-state index in [1.165, 1.54) is 36.9 Å². The summed E-state index contributed by atoms with van der Waals surface area (Å²) in [4.78, 5) is 0. The van der Waals surface area contributed by atoms with Gasteiger partial charge >= 0.3 is 0 Å². The summed E-state index contributed by atoms with van der Waals surface area (Å²) in [5.41, 5.74) is 8.52. The van der Waals surface area contributed by atoms with Crippen molar-refractivity contribution in [2.75, 3.05) is 6.54 Å². The number of hydrogen-bond donors (Lipinski definition) is 1. The smallest absolute Gasteiger partial charge is 0.0628 e. The summed E-state index contributed by atoms with van der Waals surface area (Å²) in [5, 5.41) is 4.78. The molecule has 1 aliphatic carbocycles. The lowest BCUT2D eigenvalue weighted by molar-refractivity contribution is 0.454.